The molecule has 146 valence electrons. The van der Waals surface area contributed by atoms with E-state index in [-0.39, 0.29) is 24.2 Å². The largest absolute Gasteiger partial charge is 0.468 e. The van der Waals surface area contributed by atoms with Gasteiger partial charge < -0.3 is 9.47 Å². The summed E-state index contributed by atoms with van der Waals surface area (Å²) in [6.07, 6.45) is 0.841. The quantitative estimate of drug-likeness (QED) is 0.596. The summed E-state index contributed by atoms with van der Waals surface area (Å²) in [5.41, 5.74) is 0.936. The topological polar surface area (TPSA) is 64.6 Å². The van der Waals surface area contributed by atoms with Crippen molar-refractivity contribution in [2.75, 3.05) is 14.2 Å². The lowest BCUT2D eigenvalue weighted by Gasteiger charge is -2.23. The van der Waals surface area contributed by atoms with Crippen LogP contribution in [0.3, 0.4) is 0 Å². The molecule has 0 bridgehead atoms. The molecule has 1 aliphatic rings. The van der Waals surface area contributed by atoms with E-state index >= 15 is 0 Å². The zero-order chi connectivity index (χ0) is 20.2. The minimum absolute atomic E-state index is 0.112. The van der Waals surface area contributed by atoms with E-state index in [9.17, 15) is 9.59 Å². The summed E-state index contributed by atoms with van der Waals surface area (Å²) in [6.45, 7) is 6.03. The highest BCUT2D eigenvalue weighted by Crippen LogP contribution is 2.49. The van der Waals surface area contributed by atoms with Crippen molar-refractivity contribution in [2.24, 2.45) is 11.8 Å². The molecule has 0 aliphatic heterocycles. The van der Waals surface area contributed by atoms with E-state index in [0.717, 1.165) is 11.1 Å². The van der Waals surface area contributed by atoms with Crippen LogP contribution in [0.25, 0.3) is 0 Å². The fourth-order valence-electron chi connectivity index (χ4n) is 3.44. The summed E-state index contributed by atoms with van der Waals surface area (Å²) in [6, 6.07) is 4.83. The number of rotatable bonds is 6. The van der Waals surface area contributed by atoms with Gasteiger partial charge in [-0.2, -0.15) is 0 Å². The molecule has 1 aliphatic carbocycles. The van der Waals surface area contributed by atoms with Crippen LogP contribution in [0.4, 0.5) is 0 Å². The van der Waals surface area contributed by atoms with E-state index in [4.69, 9.17) is 21.1 Å². The Hall–Kier alpha value is -2.03. The van der Waals surface area contributed by atoms with Crippen molar-refractivity contribution in [3.8, 4) is 11.8 Å². The van der Waals surface area contributed by atoms with Crippen LogP contribution < -0.4 is 5.32 Å². The molecular weight excluding hydrogens is 366 g/mol. The molecule has 3 atom stereocenters. The lowest BCUT2D eigenvalue weighted by Crippen LogP contribution is -2.51. The zero-order valence-corrected chi connectivity index (χ0v) is 17.1. The Morgan fingerprint density at radius 1 is 1.30 bits per heavy atom. The fraction of sp³-hybridized carbons (Fsp3) is 0.524. The third-order valence-corrected chi connectivity index (χ3v) is 5.09. The van der Waals surface area contributed by atoms with Crippen molar-refractivity contribution in [3.63, 3.8) is 0 Å². The van der Waals surface area contributed by atoms with Crippen LogP contribution in [0, 0.1) is 30.6 Å². The molecule has 1 N–H and O–H groups in total. The third-order valence-electron chi connectivity index (χ3n) is 4.87. The number of hydrogen-bond acceptors (Lipinski definition) is 5. The first-order valence-corrected chi connectivity index (χ1v) is 9.31. The second-order valence-electron chi connectivity index (χ2n) is 7.26. The van der Waals surface area contributed by atoms with E-state index in [2.05, 4.69) is 17.2 Å². The predicted octanol–water partition coefficient (Wildman–Crippen LogP) is 3.11. The maximum Gasteiger partial charge on any atom is 0.326 e. The van der Waals surface area contributed by atoms with Gasteiger partial charge in [0.15, 0.2) is 0 Å². The minimum Gasteiger partial charge on any atom is -0.468 e. The maximum absolute atomic E-state index is 12.3. The molecule has 1 saturated carbocycles. The molecule has 1 aromatic carbocycles. The van der Waals surface area contributed by atoms with Crippen molar-refractivity contribution in [2.45, 2.75) is 45.2 Å². The van der Waals surface area contributed by atoms with Gasteiger partial charge in [-0.25, -0.2) is 0 Å². The minimum atomic E-state index is -0.851. The summed E-state index contributed by atoms with van der Waals surface area (Å²) in [5, 5.41) is 3.78. The standard InChI is InChI=1S/C21H26ClNO4/c1-13(2)17-12-21(17,20(25)27-5)23-18(19(24)26-4)8-6-7-15-9-14(3)10-16(22)11-15/h9-11,13,17-18,23H,8,12H2,1-5H3/t17-,18-,21?/m0/s1. The Bertz CT molecular complexity index is 760. The third kappa shape index (κ3) is 5.03. The van der Waals surface area contributed by atoms with Crippen molar-refractivity contribution in [3.05, 3.63) is 34.3 Å². The highest BCUT2D eigenvalue weighted by Gasteiger charge is 2.63. The molecule has 6 heteroatoms. The lowest BCUT2D eigenvalue weighted by atomic mass is 10.0. The average Bonchev–Trinajstić information content (AvgIpc) is 3.34. The van der Waals surface area contributed by atoms with E-state index in [0.29, 0.717) is 11.4 Å². The van der Waals surface area contributed by atoms with Crippen molar-refractivity contribution < 1.29 is 19.1 Å². The number of carbonyl (C=O) groups excluding carboxylic acids is 2. The molecule has 27 heavy (non-hydrogen) atoms. The number of nitrogens with one attached hydrogen (secondary N) is 1. The lowest BCUT2D eigenvalue weighted by molar-refractivity contribution is -0.148. The van der Waals surface area contributed by atoms with Gasteiger partial charge in [0.2, 0.25) is 0 Å². The van der Waals surface area contributed by atoms with Crippen LogP contribution in [0.2, 0.25) is 5.02 Å². The first-order valence-electron chi connectivity index (χ1n) is 8.93. The first-order chi connectivity index (χ1) is 12.7. The number of halogens is 1. The van der Waals surface area contributed by atoms with E-state index in [1.165, 1.54) is 14.2 Å². The van der Waals surface area contributed by atoms with Gasteiger partial charge in [0, 0.05) is 17.0 Å². The Morgan fingerprint density at radius 2 is 2.00 bits per heavy atom. The molecule has 0 saturated heterocycles. The van der Waals surface area contributed by atoms with Crippen LogP contribution >= 0.6 is 11.6 Å². The highest BCUT2D eigenvalue weighted by molar-refractivity contribution is 6.30. The molecular formula is C21H26ClNO4. The molecule has 0 aromatic heterocycles. The monoisotopic (exact) mass is 391 g/mol. The SMILES string of the molecule is COC(=O)[C@H](CC#Cc1cc(C)cc(Cl)c1)NC1(C(=O)OC)C[C@H]1C(C)C. The second kappa shape index (κ2) is 8.77. The summed E-state index contributed by atoms with van der Waals surface area (Å²) in [5.74, 6) is 5.61. The highest BCUT2D eigenvalue weighted by atomic mass is 35.5. The molecule has 0 radical (unpaired) electrons. The van der Waals surface area contributed by atoms with Crippen LogP contribution in [0.15, 0.2) is 18.2 Å². The normalized spacial score (nSPS) is 21.8. The Balaban J connectivity index is 2.18. The Morgan fingerprint density at radius 3 is 2.52 bits per heavy atom. The molecule has 1 fully saturated rings. The van der Waals surface area contributed by atoms with Crippen LogP contribution in [0.1, 0.15) is 37.8 Å². The van der Waals surface area contributed by atoms with Gasteiger partial charge >= 0.3 is 11.9 Å². The average molecular weight is 392 g/mol. The second-order valence-corrected chi connectivity index (χ2v) is 7.70. The number of hydrogen-bond donors (Lipinski definition) is 1. The van der Waals surface area contributed by atoms with E-state index in [1.54, 1.807) is 6.07 Å². The Kier molecular flexibility index (Phi) is 6.91. The fourth-order valence-corrected chi connectivity index (χ4v) is 3.73. The first kappa shape index (κ1) is 21.3. The van der Waals surface area contributed by atoms with Crippen molar-refractivity contribution >= 4 is 23.5 Å². The summed E-state index contributed by atoms with van der Waals surface area (Å²) in [4.78, 5) is 24.6. The van der Waals surface area contributed by atoms with E-state index < -0.39 is 17.6 Å². The molecule has 5 nitrogen and oxygen atoms in total. The number of ether oxygens (including phenoxy) is 2. The van der Waals surface area contributed by atoms with Gasteiger partial charge in [-0.05, 0) is 48.9 Å². The maximum atomic E-state index is 12.3. The van der Waals surface area contributed by atoms with Crippen LogP contribution in [-0.2, 0) is 19.1 Å². The van der Waals surface area contributed by atoms with Gasteiger partial charge in [-0.15, -0.1) is 0 Å². The molecule has 0 amide bonds. The van der Waals surface area contributed by atoms with Gasteiger partial charge in [-0.3, -0.25) is 14.9 Å². The number of aryl methyl sites for hydroxylation is 1. The number of carbonyl (C=O) groups is 2. The van der Waals surface area contributed by atoms with Crippen LogP contribution in [-0.4, -0.2) is 37.7 Å². The van der Waals surface area contributed by atoms with Gasteiger partial charge in [0.05, 0.1) is 14.2 Å². The smallest absolute Gasteiger partial charge is 0.326 e. The predicted molar refractivity (Wildman–Crippen MR) is 104 cm³/mol. The van der Waals surface area contributed by atoms with Gasteiger partial charge in [-0.1, -0.05) is 37.3 Å². The number of esters is 2. The van der Waals surface area contributed by atoms with E-state index in [1.807, 2.05) is 32.9 Å². The molecule has 0 spiro atoms. The van der Waals surface area contributed by atoms with Gasteiger partial charge in [0.25, 0.3) is 0 Å². The number of methoxy groups -OCH3 is 2. The van der Waals surface area contributed by atoms with Gasteiger partial charge in [0.1, 0.15) is 11.6 Å². The van der Waals surface area contributed by atoms with Crippen molar-refractivity contribution in [1.82, 2.24) is 5.32 Å². The summed E-state index contributed by atoms with van der Waals surface area (Å²) >= 11 is 6.05. The molecule has 2 rings (SSSR count). The Labute approximate surface area is 165 Å². The van der Waals surface area contributed by atoms with Crippen molar-refractivity contribution in [1.29, 1.82) is 0 Å². The summed E-state index contributed by atoms with van der Waals surface area (Å²) < 4.78 is 9.86. The summed E-state index contributed by atoms with van der Waals surface area (Å²) in [7, 11) is 2.68. The molecule has 1 aromatic rings. The van der Waals surface area contributed by atoms with Crippen LogP contribution in [0.5, 0.6) is 0 Å². The molecule has 0 heterocycles. The number of benzene rings is 1. The zero-order valence-electron chi connectivity index (χ0n) is 16.4. The molecule has 1 unspecified atom stereocenters.